The van der Waals surface area contributed by atoms with Crippen molar-refractivity contribution in [1.82, 2.24) is 19.6 Å². The van der Waals surface area contributed by atoms with E-state index in [9.17, 15) is 4.79 Å². The summed E-state index contributed by atoms with van der Waals surface area (Å²) in [4.78, 5) is 17.8. The lowest BCUT2D eigenvalue weighted by atomic mass is 9.98. The van der Waals surface area contributed by atoms with Crippen LogP contribution >= 0.6 is 0 Å². The molecule has 7 nitrogen and oxygen atoms in total. The summed E-state index contributed by atoms with van der Waals surface area (Å²) in [7, 11) is 3.53. The van der Waals surface area contributed by atoms with Crippen molar-refractivity contribution in [3.05, 3.63) is 47.8 Å². The number of methoxy groups -OCH3 is 1. The monoisotopic (exact) mass is 398 g/mol. The molecule has 29 heavy (non-hydrogen) atoms. The van der Waals surface area contributed by atoms with Gasteiger partial charge in [-0.15, -0.1) is 0 Å². The van der Waals surface area contributed by atoms with Crippen LogP contribution in [0.15, 0.2) is 36.7 Å². The molecule has 3 heterocycles. The summed E-state index contributed by atoms with van der Waals surface area (Å²) in [5.41, 5.74) is 1.69. The maximum atomic E-state index is 13.4. The first-order valence-corrected chi connectivity index (χ1v) is 10.4. The molecule has 1 aromatic carbocycles. The molecular formula is C22H30N4O3. The molecule has 2 fully saturated rings. The topological polar surface area (TPSA) is 59.8 Å². The van der Waals surface area contributed by atoms with E-state index >= 15 is 0 Å². The van der Waals surface area contributed by atoms with E-state index in [1.54, 1.807) is 11.8 Å². The number of likely N-dealkylation sites (tertiary alicyclic amines) is 1. The van der Waals surface area contributed by atoms with Crippen LogP contribution in [0.2, 0.25) is 0 Å². The van der Waals surface area contributed by atoms with Gasteiger partial charge in [-0.2, -0.15) is 5.10 Å². The number of hydrogen-bond acceptors (Lipinski definition) is 5. The quantitative estimate of drug-likeness (QED) is 0.775. The van der Waals surface area contributed by atoms with Gasteiger partial charge in [-0.1, -0.05) is 6.42 Å². The van der Waals surface area contributed by atoms with Gasteiger partial charge in [0.05, 0.1) is 32.1 Å². The van der Waals surface area contributed by atoms with Crippen molar-refractivity contribution in [1.29, 1.82) is 0 Å². The molecule has 4 rings (SSSR count). The number of morpholine rings is 1. The summed E-state index contributed by atoms with van der Waals surface area (Å²) in [5, 5.41) is 4.36. The second kappa shape index (κ2) is 8.97. The summed E-state index contributed by atoms with van der Waals surface area (Å²) in [5.74, 6) is 0.767. The van der Waals surface area contributed by atoms with E-state index in [1.807, 2.05) is 48.6 Å². The van der Waals surface area contributed by atoms with Crippen LogP contribution in [0.4, 0.5) is 0 Å². The Hall–Kier alpha value is -2.38. The average molecular weight is 399 g/mol. The van der Waals surface area contributed by atoms with E-state index in [2.05, 4.69) is 10.00 Å². The van der Waals surface area contributed by atoms with E-state index < -0.39 is 0 Å². The van der Waals surface area contributed by atoms with Crippen LogP contribution in [0.1, 0.15) is 41.2 Å². The van der Waals surface area contributed by atoms with Crippen LogP contribution in [-0.4, -0.2) is 71.5 Å². The van der Waals surface area contributed by atoms with Crippen LogP contribution < -0.4 is 4.74 Å². The van der Waals surface area contributed by atoms with Gasteiger partial charge in [0.15, 0.2) is 0 Å². The Labute approximate surface area is 172 Å². The molecule has 1 amide bonds. The number of aromatic nitrogens is 2. The Balaban J connectivity index is 1.60. The smallest absolute Gasteiger partial charge is 0.254 e. The van der Waals surface area contributed by atoms with Gasteiger partial charge in [0, 0.05) is 37.5 Å². The van der Waals surface area contributed by atoms with Gasteiger partial charge in [0.2, 0.25) is 0 Å². The standard InChI is InChI=1S/C22H30N4O3/c1-24-15-18(14-23-24)21-20(16-25-10-4-3-5-11-25)29-13-12-26(21)22(27)17-6-8-19(28-2)9-7-17/h6-9,14-15,20-21H,3-5,10-13,16H2,1-2H3/t20-,21-/m0/s1. The lowest BCUT2D eigenvalue weighted by molar-refractivity contribution is -0.0741. The number of hydrogen-bond donors (Lipinski definition) is 0. The SMILES string of the molecule is COc1ccc(C(=O)N2CCO[C@@H](CN3CCCCC3)[C@@H]2c2cnn(C)c2)cc1. The number of benzene rings is 1. The Kier molecular flexibility index (Phi) is 6.16. The van der Waals surface area contributed by atoms with Crippen molar-refractivity contribution in [2.45, 2.75) is 31.4 Å². The highest BCUT2D eigenvalue weighted by Crippen LogP contribution is 2.32. The third kappa shape index (κ3) is 4.46. The number of nitrogens with zero attached hydrogens (tertiary/aromatic N) is 4. The number of aryl methyl sites for hydroxylation is 1. The van der Waals surface area contributed by atoms with Gasteiger partial charge >= 0.3 is 0 Å². The van der Waals surface area contributed by atoms with Crippen LogP contribution in [0.5, 0.6) is 5.75 Å². The molecule has 0 saturated carbocycles. The summed E-state index contributed by atoms with van der Waals surface area (Å²) < 4.78 is 13.2. The molecule has 2 saturated heterocycles. The predicted molar refractivity (Wildman–Crippen MR) is 110 cm³/mol. The number of carbonyl (C=O) groups excluding carboxylic acids is 1. The van der Waals surface area contributed by atoms with Gasteiger partial charge < -0.3 is 19.3 Å². The molecular weight excluding hydrogens is 368 g/mol. The molecule has 0 unspecified atom stereocenters. The molecule has 7 heteroatoms. The van der Waals surface area contributed by atoms with E-state index in [1.165, 1.54) is 19.3 Å². The highest BCUT2D eigenvalue weighted by atomic mass is 16.5. The third-order valence-corrected chi connectivity index (χ3v) is 5.90. The predicted octanol–water partition coefficient (Wildman–Crippen LogP) is 2.50. The minimum Gasteiger partial charge on any atom is -0.497 e. The van der Waals surface area contributed by atoms with Crippen molar-refractivity contribution < 1.29 is 14.3 Å². The van der Waals surface area contributed by atoms with E-state index in [0.717, 1.165) is 30.9 Å². The zero-order valence-corrected chi connectivity index (χ0v) is 17.3. The maximum Gasteiger partial charge on any atom is 0.254 e. The van der Waals surface area contributed by atoms with Crippen molar-refractivity contribution in [2.24, 2.45) is 7.05 Å². The molecule has 2 aliphatic heterocycles. The highest BCUT2D eigenvalue weighted by Gasteiger charge is 2.38. The Bertz CT molecular complexity index is 814. The molecule has 0 N–H and O–H groups in total. The van der Waals surface area contributed by atoms with Crippen LogP contribution in [0.25, 0.3) is 0 Å². The lowest BCUT2D eigenvalue weighted by Crippen LogP contribution is -2.52. The van der Waals surface area contributed by atoms with Crippen molar-refractivity contribution in [3.8, 4) is 5.75 Å². The Morgan fingerprint density at radius 2 is 1.93 bits per heavy atom. The van der Waals surface area contributed by atoms with Crippen molar-refractivity contribution in [3.63, 3.8) is 0 Å². The number of ether oxygens (including phenoxy) is 2. The average Bonchev–Trinajstić information content (AvgIpc) is 3.19. The fourth-order valence-corrected chi connectivity index (χ4v) is 4.40. The number of piperidine rings is 1. The van der Waals surface area contributed by atoms with Crippen molar-refractivity contribution >= 4 is 5.91 Å². The molecule has 2 aromatic rings. The largest absolute Gasteiger partial charge is 0.497 e. The Morgan fingerprint density at radius 3 is 2.59 bits per heavy atom. The van der Waals surface area contributed by atoms with Gasteiger partial charge in [0.25, 0.3) is 5.91 Å². The maximum absolute atomic E-state index is 13.4. The van der Waals surface area contributed by atoms with Gasteiger partial charge in [-0.05, 0) is 50.2 Å². The van der Waals surface area contributed by atoms with Gasteiger partial charge in [-0.3, -0.25) is 9.48 Å². The zero-order valence-electron chi connectivity index (χ0n) is 17.3. The van der Waals surface area contributed by atoms with Crippen LogP contribution in [0.3, 0.4) is 0 Å². The van der Waals surface area contributed by atoms with Crippen molar-refractivity contribution in [2.75, 3.05) is 39.9 Å². The molecule has 2 aliphatic rings. The molecule has 156 valence electrons. The minimum absolute atomic E-state index is 0.0217. The van der Waals surface area contributed by atoms with E-state index in [4.69, 9.17) is 9.47 Å². The normalized spacial score (nSPS) is 23.2. The first kappa shape index (κ1) is 19.9. The number of carbonyl (C=O) groups is 1. The van der Waals surface area contributed by atoms with Gasteiger partial charge in [0.1, 0.15) is 5.75 Å². The molecule has 0 aliphatic carbocycles. The second-order valence-electron chi connectivity index (χ2n) is 7.89. The number of rotatable bonds is 5. The molecule has 1 aromatic heterocycles. The van der Waals surface area contributed by atoms with Crippen LogP contribution in [-0.2, 0) is 11.8 Å². The van der Waals surface area contributed by atoms with Gasteiger partial charge in [-0.25, -0.2) is 0 Å². The molecule has 0 bridgehead atoms. The minimum atomic E-state index is -0.144. The summed E-state index contributed by atoms with van der Waals surface area (Å²) >= 11 is 0. The highest BCUT2D eigenvalue weighted by molar-refractivity contribution is 5.94. The third-order valence-electron chi connectivity index (χ3n) is 5.90. The van der Waals surface area contributed by atoms with Crippen LogP contribution in [0, 0.1) is 0 Å². The molecule has 0 spiro atoms. The lowest BCUT2D eigenvalue weighted by Gasteiger charge is -2.43. The fourth-order valence-electron chi connectivity index (χ4n) is 4.40. The summed E-state index contributed by atoms with van der Waals surface area (Å²) in [6.45, 7) is 4.17. The number of amides is 1. The van der Waals surface area contributed by atoms with E-state index in [0.29, 0.717) is 18.7 Å². The first-order chi connectivity index (χ1) is 14.2. The molecule has 0 radical (unpaired) electrons. The summed E-state index contributed by atoms with van der Waals surface area (Å²) in [6.07, 6.45) is 7.56. The molecule has 2 atom stereocenters. The second-order valence-corrected chi connectivity index (χ2v) is 7.89. The first-order valence-electron chi connectivity index (χ1n) is 10.4. The Morgan fingerprint density at radius 1 is 1.17 bits per heavy atom. The zero-order chi connectivity index (χ0) is 20.2. The summed E-state index contributed by atoms with van der Waals surface area (Å²) in [6, 6.07) is 7.18. The fraction of sp³-hybridized carbons (Fsp3) is 0.545. The van der Waals surface area contributed by atoms with E-state index in [-0.39, 0.29) is 18.1 Å².